The molecule has 1 heterocycles. The van der Waals surface area contributed by atoms with E-state index in [2.05, 4.69) is 51.6 Å². The van der Waals surface area contributed by atoms with Crippen molar-refractivity contribution in [2.45, 2.75) is 13.0 Å². The fourth-order valence-electron chi connectivity index (χ4n) is 3.17. The van der Waals surface area contributed by atoms with E-state index in [1.165, 1.54) is 11.1 Å². The monoisotopic (exact) mass is 401 g/mol. The second-order valence-corrected chi connectivity index (χ2v) is 8.29. The molecule has 146 valence electrons. The Hall–Kier alpha value is -3.18. The predicted octanol–water partition coefficient (Wildman–Crippen LogP) is 4.89. The number of nitrogens with one attached hydrogen (secondary N) is 1. The highest BCUT2D eigenvalue weighted by atomic mass is 32.1. The van der Waals surface area contributed by atoms with Crippen molar-refractivity contribution in [3.8, 4) is 11.1 Å². The summed E-state index contributed by atoms with van der Waals surface area (Å²) in [6, 6.07) is 24.7. The number of thiazole rings is 1. The smallest absolute Gasteiger partial charge is 0.227 e. The minimum absolute atomic E-state index is 0.0102. The number of aromatic nitrogens is 1. The van der Waals surface area contributed by atoms with Gasteiger partial charge in [-0.05, 0) is 41.0 Å². The Bertz CT molecular complexity index is 1120. The fraction of sp³-hybridized carbons (Fsp3) is 0.167. The first kappa shape index (κ1) is 19.2. The van der Waals surface area contributed by atoms with E-state index in [1.54, 1.807) is 11.3 Å². The molecule has 0 radical (unpaired) electrons. The summed E-state index contributed by atoms with van der Waals surface area (Å²) in [5.74, 6) is -0.0102. The third kappa shape index (κ3) is 4.63. The molecule has 0 saturated heterocycles. The number of amides is 1. The molecule has 29 heavy (non-hydrogen) atoms. The largest absolute Gasteiger partial charge is 0.378 e. The Kier molecular flexibility index (Phi) is 5.58. The van der Waals surface area contributed by atoms with Crippen LogP contribution in [0.5, 0.6) is 0 Å². The molecule has 5 heteroatoms. The molecular weight excluding hydrogens is 378 g/mol. The van der Waals surface area contributed by atoms with Gasteiger partial charge in [-0.25, -0.2) is 4.98 Å². The third-order valence-electron chi connectivity index (χ3n) is 4.79. The topological polar surface area (TPSA) is 45.2 Å². The molecule has 1 amide bonds. The molecule has 0 spiro atoms. The van der Waals surface area contributed by atoms with Crippen molar-refractivity contribution in [1.82, 2.24) is 10.3 Å². The Labute approximate surface area is 174 Å². The second-order valence-electron chi connectivity index (χ2n) is 7.17. The summed E-state index contributed by atoms with van der Waals surface area (Å²) in [4.78, 5) is 19.1. The van der Waals surface area contributed by atoms with Gasteiger partial charge in [-0.15, -0.1) is 11.3 Å². The molecule has 3 aromatic carbocycles. The van der Waals surface area contributed by atoms with Gasteiger partial charge < -0.3 is 10.2 Å². The van der Waals surface area contributed by atoms with E-state index in [0.717, 1.165) is 26.5 Å². The van der Waals surface area contributed by atoms with Crippen molar-refractivity contribution < 1.29 is 4.79 Å². The van der Waals surface area contributed by atoms with Crippen molar-refractivity contribution in [3.05, 3.63) is 83.4 Å². The van der Waals surface area contributed by atoms with E-state index in [1.807, 2.05) is 50.5 Å². The van der Waals surface area contributed by atoms with Gasteiger partial charge in [0, 0.05) is 26.3 Å². The van der Waals surface area contributed by atoms with Crippen LogP contribution in [-0.4, -0.2) is 25.0 Å². The molecule has 4 rings (SSSR count). The molecule has 4 aromatic rings. The summed E-state index contributed by atoms with van der Waals surface area (Å²) in [5, 5.41) is 3.83. The van der Waals surface area contributed by atoms with Gasteiger partial charge in [-0.1, -0.05) is 48.5 Å². The highest BCUT2D eigenvalue weighted by Crippen LogP contribution is 2.28. The van der Waals surface area contributed by atoms with Crippen molar-refractivity contribution >= 4 is 33.1 Å². The first-order chi connectivity index (χ1) is 14.1. The average molecular weight is 402 g/mol. The van der Waals surface area contributed by atoms with E-state index in [9.17, 15) is 4.79 Å². The summed E-state index contributed by atoms with van der Waals surface area (Å²) >= 11 is 1.58. The Balaban J connectivity index is 1.40. The van der Waals surface area contributed by atoms with E-state index < -0.39 is 0 Å². The van der Waals surface area contributed by atoms with Crippen LogP contribution in [0.3, 0.4) is 0 Å². The Morgan fingerprint density at radius 2 is 1.72 bits per heavy atom. The molecule has 1 aromatic heterocycles. The lowest BCUT2D eigenvalue weighted by Gasteiger charge is -2.12. The maximum atomic E-state index is 12.4. The lowest BCUT2D eigenvalue weighted by Crippen LogP contribution is -2.24. The standard InChI is InChI=1S/C24H23N3OS/c1-27(2)20-11-8-17(9-12-20)16-25-23(28)15-24-26-21-13-10-19(14-22(21)29-24)18-6-4-3-5-7-18/h3-14H,15-16H2,1-2H3,(H,25,28). The number of carbonyl (C=O) groups excluding carboxylic acids is 1. The van der Waals surface area contributed by atoms with Crippen molar-refractivity contribution in [2.24, 2.45) is 0 Å². The van der Waals surface area contributed by atoms with Crippen LogP contribution in [0, 0.1) is 0 Å². The zero-order valence-electron chi connectivity index (χ0n) is 16.6. The maximum Gasteiger partial charge on any atom is 0.227 e. The quantitative estimate of drug-likeness (QED) is 0.500. The molecule has 0 bridgehead atoms. The normalized spacial score (nSPS) is 10.8. The lowest BCUT2D eigenvalue weighted by molar-refractivity contribution is -0.120. The molecule has 0 aliphatic heterocycles. The SMILES string of the molecule is CN(C)c1ccc(CNC(=O)Cc2nc3ccc(-c4ccccc4)cc3s2)cc1. The van der Waals surface area contributed by atoms with Gasteiger partial charge in [-0.3, -0.25) is 4.79 Å². The van der Waals surface area contributed by atoms with Crippen LogP contribution >= 0.6 is 11.3 Å². The van der Waals surface area contributed by atoms with Gasteiger partial charge in [0.25, 0.3) is 0 Å². The predicted molar refractivity (Wildman–Crippen MR) is 121 cm³/mol. The molecule has 0 saturated carbocycles. The van der Waals surface area contributed by atoms with Crippen LogP contribution in [0.1, 0.15) is 10.6 Å². The number of carbonyl (C=O) groups is 1. The van der Waals surface area contributed by atoms with Crippen LogP contribution < -0.4 is 10.2 Å². The lowest BCUT2D eigenvalue weighted by atomic mass is 10.1. The van der Waals surface area contributed by atoms with Gasteiger partial charge in [0.1, 0.15) is 5.01 Å². The zero-order valence-corrected chi connectivity index (χ0v) is 17.4. The number of hydrogen-bond donors (Lipinski definition) is 1. The summed E-state index contributed by atoms with van der Waals surface area (Å²) < 4.78 is 1.11. The molecule has 0 fully saturated rings. The first-order valence-corrected chi connectivity index (χ1v) is 10.4. The Morgan fingerprint density at radius 1 is 0.966 bits per heavy atom. The average Bonchev–Trinajstić information content (AvgIpc) is 3.14. The summed E-state index contributed by atoms with van der Waals surface area (Å²) in [5.41, 5.74) is 5.52. The van der Waals surface area contributed by atoms with Gasteiger partial charge in [0.05, 0.1) is 16.6 Å². The molecule has 1 N–H and O–H groups in total. The van der Waals surface area contributed by atoms with E-state index in [0.29, 0.717) is 13.0 Å². The molecule has 0 atom stereocenters. The van der Waals surface area contributed by atoms with Crippen LogP contribution in [0.2, 0.25) is 0 Å². The highest BCUT2D eigenvalue weighted by Gasteiger charge is 2.10. The number of benzene rings is 3. The van der Waals surface area contributed by atoms with E-state index in [-0.39, 0.29) is 5.91 Å². The minimum Gasteiger partial charge on any atom is -0.378 e. The number of rotatable bonds is 6. The van der Waals surface area contributed by atoms with Crippen molar-refractivity contribution in [1.29, 1.82) is 0 Å². The van der Waals surface area contributed by atoms with Gasteiger partial charge in [0.2, 0.25) is 5.91 Å². The second kappa shape index (κ2) is 8.45. The van der Waals surface area contributed by atoms with E-state index >= 15 is 0 Å². The van der Waals surface area contributed by atoms with Crippen LogP contribution in [0.15, 0.2) is 72.8 Å². The van der Waals surface area contributed by atoms with Crippen LogP contribution in [0.4, 0.5) is 5.69 Å². The fourth-order valence-corrected chi connectivity index (χ4v) is 4.18. The zero-order chi connectivity index (χ0) is 20.2. The van der Waals surface area contributed by atoms with E-state index in [4.69, 9.17) is 0 Å². The molecule has 0 aliphatic rings. The highest BCUT2D eigenvalue weighted by molar-refractivity contribution is 7.18. The summed E-state index contributed by atoms with van der Waals surface area (Å²) in [6.45, 7) is 0.523. The number of nitrogens with zero attached hydrogens (tertiary/aromatic N) is 2. The van der Waals surface area contributed by atoms with Crippen LogP contribution in [0.25, 0.3) is 21.3 Å². The Morgan fingerprint density at radius 3 is 2.45 bits per heavy atom. The maximum absolute atomic E-state index is 12.4. The molecule has 0 aliphatic carbocycles. The van der Waals surface area contributed by atoms with Crippen LogP contribution in [-0.2, 0) is 17.8 Å². The molecular formula is C24H23N3OS. The minimum atomic E-state index is -0.0102. The summed E-state index contributed by atoms with van der Waals surface area (Å²) in [7, 11) is 4.02. The molecule has 4 nitrogen and oxygen atoms in total. The van der Waals surface area contributed by atoms with Gasteiger partial charge in [-0.2, -0.15) is 0 Å². The third-order valence-corrected chi connectivity index (χ3v) is 5.81. The van der Waals surface area contributed by atoms with Crippen molar-refractivity contribution in [2.75, 3.05) is 19.0 Å². The number of anilines is 1. The molecule has 0 unspecified atom stereocenters. The summed E-state index contributed by atoms with van der Waals surface area (Å²) in [6.07, 6.45) is 0.301. The number of hydrogen-bond acceptors (Lipinski definition) is 4. The number of fused-ring (bicyclic) bond motifs is 1. The van der Waals surface area contributed by atoms with Gasteiger partial charge >= 0.3 is 0 Å². The van der Waals surface area contributed by atoms with Crippen molar-refractivity contribution in [3.63, 3.8) is 0 Å². The first-order valence-electron chi connectivity index (χ1n) is 9.56. The van der Waals surface area contributed by atoms with Gasteiger partial charge in [0.15, 0.2) is 0 Å².